The molecule has 1 rings (SSSR count). The van der Waals surface area contributed by atoms with Crippen LogP contribution in [0.15, 0.2) is 35.3 Å². The third-order valence-electron chi connectivity index (χ3n) is 2.26. The molecule has 2 nitrogen and oxygen atoms in total. The predicted octanol–water partition coefficient (Wildman–Crippen LogP) is 3.45. The largest absolute Gasteiger partial charge is 0.349 e. The number of carbonyl (C=O) groups excluding carboxylic acids is 1. The predicted molar refractivity (Wildman–Crippen MR) is 70.6 cm³/mol. The van der Waals surface area contributed by atoms with Crippen molar-refractivity contribution in [3.8, 4) is 0 Å². The third kappa shape index (κ3) is 3.49. The fraction of sp³-hybridized carbons (Fsp3) is 0.308. The molecule has 0 bridgehead atoms. The van der Waals surface area contributed by atoms with Gasteiger partial charge in [0, 0.05) is 10.5 Å². The Morgan fingerprint density at radius 3 is 2.94 bits per heavy atom. The normalized spacial score (nSPS) is 11.9. The Labute approximate surface area is 105 Å². The fourth-order valence-electron chi connectivity index (χ4n) is 1.42. The zero-order valence-corrected chi connectivity index (χ0v) is 11.2. The van der Waals surface area contributed by atoms with Crippen LogP contribution in [0, 0.1) is 6.92 Å². The lowest BCUT2D eigenvalue weighted by Crippen LogP contribution is -2.32. The summed E-state index contributed by atoms with van der Waals surface area (Å²) in [5.41, 5.74) is 1.75. The highest BCUT2D eigenvalue weighted by Crippen LogP contribution is 2.18. The summed E-state index contributed by atoms with van der Waals surface area (Å²) in [6.07, 6.45) is 2.57. The van der Waals surface area contributed by atoms with Crippen molar-refractivity contribution in [2.75, 3.05) is 0 Å². The molecule has 0 saturated heterocycles. The van der Waals surface area contributed by atoms with Gasteiger partial charge in [-0.1, -0.05) is 17.7 Å². The first kappa shape index (κ1) is 13.0. The number of aryl methyl sites for hydroxylation is 1. The lowest BCUT2D eigenvalue weighted by atomic mass is 10.1. The molecule has 0 radical (unpaired) electrons. The van der Waals surface area contributed by atoms with E-state index in [0.717, 1.165) is 16.5 Å². The van der Waals surface area contributed by atoms with Gasteiger partial charge < -0.3 is 5.32 Å². The first-order valence-electron chi connectivity index (χ1n) is 5.22. The number of rotatable bonds is 4. The Bertz CT molecular complexity index is 401. The molecule has 0 heterocycles. The van der Waals surface area contributed by atoms with E-state index in [0.29, 0.717) is 5.56 Å². The molecular weight excluding hydrogens is 266 g/mol. The molecule has 0 aliphatic heterocycles. The Kier molecular flexibility index (Phi) is 4.74. The number of halogens is 1. The summed E-state index contributed by atoms with van der Waals surface area (Å²) in [5.74, 6) is -0.0510. The Balaban J connectivity index is 2.80. The molecule has 86 valence electrons. The van der Waals surface area contributed by atoms with Crippen LogP contribution in [-0.4, -0.2) is 11.9 Å². The minimum Gasteiger partial charge on any atom is -0.349 e. The van der Waals surface area contributed by atoms with E-state index in [1.165, 1.54) is 0 Å². The first-order chi connectivity index (χ1) is 7.54. The van der Waals surface area contributed by atoms with Crippen molar-refractivity contribution in [3.05, 3.63) is 46.5 Å². The number of amides is 1. The molecule has 0 aliphatic rings. The minimum atomic E-state index is -0.0510. The van der Waals surface area contributed by atoms with Gasteiger partial charge in [-0.2, -0.15) is 0 Å². The van der Waals surface area contributed by atoms with Crippen LogP contribution in [0.25, 0.3) is 0 Å². The standard InChI is InChI=1S/C13H16BrNO/c1-4-5-10(3)15-13(16)11-8-9(2)6-7-12(11)14/h4,6-8,10H,1,5H2,2-3H3,(H,15,16). The SMILES string of the molecule is C=CCC(C)NC(=O)c1cc(C)ccc1Br. The molecule has 1 atom stereocenters. The number of nitrogens with one attached hydrogen (secondary N) is 1. The summed E-state index contributed by atoms with van der Waals surface area (Å²) < 4.78 is 0.821. The van der Waals surface area contributed by atoms with E-state index in [2.05, 4.69) is 27.8 Å². The van der Waals surface area contributed by atoms with E-state index < -0.39 is 0 Å². The van der Waals surface area contributed by atoms with Gasteiger partial charge >= 0.3 is 0 Å². The van der Waals surface area contributed by atoms with Crippen LogP contribution in [0.2, 0.25) is 0 Å². The molecule has 1 unspecified atom stereocenters. The summed E-state index contributed by atoms with van der Waals surface area (Å²) in [7, 11) is 0. The van der Waals surface area contributed by atoms with Gasteiger partial charge in [0.05, 0.1) is 5.56 Å². The van der Waals surface area contributed by atoms with Gasteiger partial charge in [0.2, 0.25) is 0 Å². The highest BCUT2D eigenvalue weighted by molar-refractivity contribution is 9.10. The summed E-state index contributed by atoms with van der Waals surface area (Å²) in [4.78, 5) is 11.9. The van der Waals surface area contributed by atoms with E-state index >= 15 is 0 Å². The van der Waals surface area contributed by atoms with Gasteiger partial charge in [0.25, 0.3) is 5.91 Å². The van der Waals surface area contributed by atoms with Gasteiger partial charge in [-0.05, 0) is 48.3 Å². The lowest BCUT2D eigenvalue weighted by Gasteiger charge is -2.12. The van der Waals surface area contributed by atoms with Crippen LogP contribution in [0.1, 0.15) is 29.3 Å². The molecule has 1 N–H and O–H groups in total. The van der Waals surface area contributed by atoms with Gasteiger partial charge in [0.1, 0.15) is 0 Å². The number of benzene rings is 1. The maximum atomic E-state index is 11.9. The van der Waals surface area contributed by atoms with E-state index in [4.69, 9.17) is 0 Å². The van der Waals surface area contributed by atoms with Crippen LogP contribution in [-0.2, 0) is 0 Å². The molecule has 1 aromatic carbocycles. The van der Waals surface area contributed by atoms with Crippen molar-refractivity contribution in [3.63, 3.8) is 0 Å². The second-order valence-corrected chi connectivity index (χ2v) is 4.74. The molecule has 1 amide bonds. The fourth-order valence-corrected chi connectivity index (χ4v) is 1.85. The van der Waals surface area contributed by atoms with Crippen molar-refractivity contribution in [2.45, 2.75) is 26.3 Å². The average Bonchev–Trinajstić information content (AvgIpc) is 2.21. The zero-order chi connectivity index (χ0) is 12.1. The van der Waals surface area contributed by atoms with E-state index in [1.54, 1.807) is 6.08 Å². The van der Waals surface area contributed by atoms with Crippen molar-refractivity contribution in [1.29, 1.82) is 0 Å². The number of hydrogen-bond acceptors (Lipinski definition) is 1. The highest BCUT2D eigenvalue weighted by atomic mass is 79.9. The molecule has 0 aliphatic carbocycles. The third-order valence-corrected chi connectivity index (χ3v) is 2.96. The van der Waals surface area contributed by atoms with Crippen LogP contribution >= 0.6 is 15.9 Å². The summed E-state index contributed by atoms with van der Waals surface area (Å²) in [5, 5.41) is 2.92. The Morgan fingerprint density at radius 1 is 1.62 bits per heavy atom. The van der Waals surface area contributed by atoms with Gasteiger partial charge in [-0.3, -0.25) is 4.79 Å². The maximum Gasteiger partial charge on any atom is 0.252 e. The van der Waals surface area contributed by atoms with E-state index in [-0.39, 0.29) is 11.9 Å². The number of carbonyl (C=O) groups is 1. The molecule has 0 saturated carbocycles. The molecule has 0 spiro atoms. The van der Waals surface area contributed by atoms with Gasteiger partial charge in [-0.15, -0.1) is 6.58 Å². The van der Waals surface area contributed by atoms with Crippen LogP contribution in [0.3, 0.4) is 0 Å². The van der Waals surface area contributed by atoms with Crippen molar-refractivity contribution < 1.29 is 4.79 Å². The molecule has 0 fully saturated rings. The summed E-state index contributed by atoms with van der Waals surface area (Å²) >= 11 is 3.38. The minimum absolute atomic E-state index is 0.0510. The molecular formula is C13H16BrNO. The van der Waals surface area contributed by atoms with Gasteiger partial charge in [-0.25, -0.2) is 0 Å². The summed E-state index contributed by atoms with van der Waals surface area (Å²) in [6.45, 7) is 7.58. The Morgan fingerprint density at radius 2 is 2.31 bits per heavy atom. The molecule has 0 aromatic heterocycles. The molecule has 16 heavy (non-hydrogen) atoms. The molecule has 3 heteroatoms. The van der Waals surface area contributed by atoms with E-state index in [1.807, 2.05) is 32.0 Å². The van der Waals surface area contributed by atoms with Crippen molar-refractivity contribution in [1.82, 2.24) is 5.32 Å². The van der Waals surface area contributed by atoms with Crippen LogP contribution < -0.4 is 5.32 Å². The van der Waals surface area contributed by atoms with Crippen LogP contribution in [0.4, 0.5) is 0 Å². The van der Waals surface area contributed by atoms with E-state index in [9.17, 15) is 4.79 Å². The van der Waals surface area contributed by atoms with Crippen molar-refractivity contribution in [2.24, 2.45) is 0 Å². The zero-order valence-electron chi connectivity index (χ0n) is 9.59. The van der Waals surface area contributed by atoms with Crippen molar-refractivity contribution >= 4 is 21.8 Å². The Hall–Kier alpha value is -1.09. The molecule has 1 aromatic rings. The maximum absolute atomic E-state index is 11.9. The average molecular weight is 282 g/mol. The summed E-state index contributed by atoms with van der Waals surface area (Å²) in [6, 6.07) is 5.84. The second kappa shape index (κ2) is 5.85. The second-order valence-electron chi connectivity index (χ2n) is 3.88. The topological polar surface area (TPSA) is 29.1 Å². The highest BCUT2D eigenvalue weighted by Gasteiger charge is 2.11. The monoisotopic (exact) mass is 281 g/mol. The first-order valence-corrected chi connectivity index (χ1v) is 6.01. The number of hydrogen-bond donors (Lipinski definition) is 1. The van der Waals surface area contributed by atoms with Crippen LogP contribution in [0.5, 0.6) is 0 Å². The quantitative estimate of drug-likeness (QED) is 0.842. The van der Waals surface area contributed by atoms with Gasteiger partial charge in [0.15, 0.2) is 0 Å². The lowest BCUT2D eigenvalue weighted by molar-refractivity contribution is 0.0939. The smallest absolute Gasteiger partial charge is 0.252 e.